The number of benzene rings is 1. The number of fused-ring (bicyclic) bond motifs is 1. The number of amides is 4. The summed E-state index contributed by atoms with van der Waals surface area (Å²) in [7, 11) is 0. The number of hydrogen-bond acceptors (Lipinski definition) is 8. The smallest absolute Gasteiger partial charge is 0.408 e. The molecular weight excluding hydrogens is 610 g/mol. The normalized spacial score (nSPS) is 12.0. The van der Waals surface area contributed by atoms with Gasteiger partial charge in [0.25, 0.3) is 0 Å². The number of rotatable bonds is 17. The van der Waals surface area contributed by atoms with Gasteiger partial charge in [-0.3, -0.25) is 0 Å². The second kappa shape index (κ2) is 18.5. The maximum atomic E-state index is 12.6. The first-order valence-corrected chi connectivity index (χ1v) is 15.7. The Morgan fingerprint density at radius 1 is 0.936 bits per heavy atom. The van der Waals surface area contributed by atoms with Crippen LogP contribution >= 0.6 is 0 Å². The Labute approximate surface area is 276 Å². The van der Waals surface area contributed by atoms with Crippen molar-refractivity contribution in [3.05, 3.63) is 42.6 Å². The van der Waals surface area contributed by atoms with Gasteiger partial charge in [0.15, 0.2) is 0 Å². The summed E-state index contributed by atoms with van der Waals surface area (Å²) in [4.78, 5) is 52.9. The van der Waals surface area contributed by atoms with Crippen molar-refractivity contribution >= 4 is 35.3 Å². The molecule has 1 aromatic heterocycles. The summed E-state index contributed by atoms with van der Waals surface area (Å²) in [5.41, 5.74) is 0.455. The minimum Gasteiger partial charge on any atom is -0.490 e. The zero-order chi connectivity index (χ0) is 35.0. The molecule has 0 saturated carbocycles. The number of alkyl carbamates (subject to hydrolysis) is 3. The van der Waals surface area contributed by atoms with Crippen LogP contribution in [0, 0.1) is 0 Å². The molecule has 1 heterocycles. The van der Waals surface area contributed by atoms with Crippen LogP contribution in [0.4, 0.5) is 19.2 Å². The molecule has 14 heteroatoms. The van der Waals surface area contributed by atoms with Gasteiger partial charge in [-0.2, -0.15) is 0 Å². The number of aromatic amines is 1. The van der Waals surface area contributed by atoms with Crippen LogP contribution in [0.5, 0.6) is 5.75 Å². The fourth-order valence-corrected chi connectivity index (χ4v) is 4.39. The average Bonchev–Trinajstić information content (AvgIpc) is 3.35. The number of aromatic nitrogens is 1. The van der Waals surface area contributed by atoms with Crippen molar-refractivity contribution in [3.63, 3.8) is 0 Å². The summed E-state index contributed by atoms with van der Waals surface area (Å²) in [6, 6.07) is 5.02. The van der Waals surface area contributed by atoms with E-state index in [9.17, 15) is 24.3 Å². The van der Waals surface area contributed by atoms with Crippen molar-refractivity contribution in [1.82, 2.24) is 25.8 Å². The molecule has 0 spiro atoms. The third-order valence-corrected chi connectivity index (χ3v) is 6.38. The number of carbonyl (C=O) groups excluding carboxylic acids is 3. The van der Waals surface area contributed by atoms with Gasteiger partial charge in [-0.15, -0.1) is 0 Å². The number of carbonyl (C=O) groups is 4. The van der Waals surface area contributed by atoms with Crippen molar-refractivity contribution in [2.75, 3.05) is 39.4 Å². The van der Waals surface area contributed by atoms with Crippen LogP contribution in [0.25, 0.3) is 10.9 Å². The molecule has 47 heavy (non-hydrogen) atoms. The van der Waals surface area contributed by atoms with Gasteiger partial charge < -0.3 is 49.9 Å². The Hall–Kier alpha value is -4.62. The summed E-state index contributed by atoms with van der Waals surface area (Å²) in [5, 5.41) is 18.5. The third-order valence-electron chi connectivity index (χ3n) is 6.38. The number of hydrogen-bond donors (Lipinski definition) is 5. The lowest BCUT2D eigenvalue weighted by atomic mass is 10.1. The van der Waals surface area contributed by atoms with Gasteiger partial charge in [0.05, 0.1) is 6.04 Å². The van der Waals surface area contributed by atoms with Crippen molar-refractivity contribution < 1.29 is 43.2 Å². The maximum Gasteiger partial charge on any atom is 0.408 e. The van der Waals surface area contributed by atoms with Crippen LogP contribution in [0.2, 0.25) is 0 Å². The largest absolute Gasteiger partial charge is 0.490 e. The highest BCUT2D eigenvalue weighted by Crippen LogP contribution is 2.25. The lowest BCUT2D eigenvalue weighted by Crippen LogP contribution is -2.44. The molecule has 0 bridgehead atoms. The lowest BCUT2D eigenvalue weighted by Gasteiger charge is -2.23. The molecule has 0 unspecified atom stereocenters. The molecule has 1 aromatic carbocycles. The highest BCUT2D eigenvalue weighted by Gasteiger charge is 2.22. The molecule has 1 atom stereocenters. The van der Waals surface area contributed by atoms with Crippen LogP contribution in [0.1, 0.15) is 66.4 Å². The number of carboxylic acid groups (broad SMARTS) is 1. The van der Waals surface area contributed by atoms with Crippen LogP contribution in [-0.4, -0.2) is 96.0 Å². The van der Waals surface area contributed by atoms with Crippen molar-refractivity contribution in [1.29, 1.82) is 0 Å². The van der Waals surface area contributed by atoms with Crippen molar-refractivity contribution in [2.24, 2.45) is 0 Å². The van der Waals surface area contributed by atoms with E-state index in [4.69, 9.17) is 18.9 Å². The van der Waals surface area contributed by atoms with E-state index < -0.39 is 41.6 Å². The second-order valence-electron chi connectivity index (χ2n) is 13.0. The Balaban J connectivity index is 1.86. The van der Waals surface area contributed by atoms with Crippen LogP contribution < -0.4 is 20.7 Å². The molecule has 5 N–H and O–H groups in total. The van der Waals surface area contributed by atoms with E-state index in [1.165, 1.54) is 4.90 Å². The van der Waals surface area contributed by atoms with Gasteiger partial charge >= 0.3 is 24.4 Å². The molecule has 0 radical (unpaired) electrons. The van der Waals surface area contributed by atoms with E-state index in [0.29, 0.717) is 44.6 Å². The molecule has 0 aliphatic rings. The molecule has 2 rings (SSSR count). The molecule has 4 amide bonds. The van der Waals surface area contributed by atoms with E-state index in [-0.39, 0.29) is 26.2 Å². The number of H-pyrrole nitrogens is 1. The standard InChI is InChI=1S/C33H51N5O9/c1-8-18-44-25-12-13-27-26(20-25)23(21-36-27)19-24(37-30(41)47-33(5,6)7)22-45-28(39)34-15-11-17-38(31(42)43)16-10-9-14-35-29(40)46-32(2,3)4/h8,12-13,20-21,24,36H,1,9-11,14-19,22H2,2-7H3,(H,34,39)(H,35,40)(H,37,41)(H,42,43)/t24-/m0/s1. The number of nitrogens with one attached hydrogen (secondary N) is 4. The first-order valence-electron chi connectivity index (χ1n) is 15.7. The molecule has 2 aromatic rings. The fraction of sp³-hybridized carbons (Fsp3) is 0.576. The van der Waals surface area contributed by atoms with Crippen molar-refractivity contribution in [3.8, 4) is 5.75 Å². The Morgan fingerprint density at radius 2 is 1.57 bits per heavy atom. The minimum absolute atomic E-state index is 0.136. The van der Waals surface area contributed by atoms with Gasteiger partial charge in [0.1, 0.15) is 30.2 Å². The van der Waals surface area contributed by atoms with Crippen LogP contribution in [0.3, 0.4) is 0 Å². The fourth-order valence-electron chi connectivity index (χ4n) is 4.39. The molecule has 262 valence electrons. The zero-order valence-electron chi connectivity index (χ0n) is 28.4. The van der Waals surface area contributed by atoms with E-state index in [1.807, 2.05) is 24.4 Å². The third kappa shape index (κ3) is 16.0. The highest BCUT2D eigenvalue weighted by atomic mass is 16.6. The van der Waals surface area contributed by atoms with Gasteiger partial charge in [-0.05, 0) is 91.0 Å². The Kier molecular flexibility index (Phi) is 15.2. The molecule has 0 aliphatic heterocycles. The molecule has 0 fully saturated rings. The molecular formula is C33H51N5O9. The predicted molar refractivity (Wildman–Crippen MR) is 178 cm³/mol. The SMILES string of the molecule is C=CCOc1ccc2[nH]cc(C[C@@H](COC(=O)NCCCN(CCCCNC(=O)OC(C)(C)C)C(=O)O)NC(=O)OC(C)(C)C)c2c1. The summed E-state index contributed by atoms with van der Waals surface area (Å²) < 4.78 is 21.7. The predicted octanol–water partition coefficient (Wildman–Crippen LogP) is 5.57. The van der Waals surface area contributed by atoms with Crippen LogP contribution in [-0.2, 0) is 20.6 Å². The first kappa shape index (κ1) is 38.6. The van der Waals surface area contributed by atoms with E-state index in [2.05, 4.69) is 27.5 Å². The summed E-state index contributed by atoms with van der Waals surface area (Å²) in [5.74, 6) is 0.669. The summed E-state index contributed by atoms with van der Waals surface area (Å²) in [6.07, 6.45) is 2.38. The van der Waals surface area contributed by atoms with E-state index >= 15 is 0 Å². The van der Waals surface area contributed by atoms with Gasteiger partial charge in [-0.1, -0.05) is 12.7 Å². The molecule has 0 aliphatic carbocycles. The quantitative estimate of drug-likeness (QED) is 0.0823. The number of unbranched alkanes of at least 4 members (excludes halogenated alkanes) is 1. The molecule has 14 nitrogen and oxygen atoms in total. The van der Waals surface area contributed by atoms with Gasteiger partial charge in [0, 0.05) is 43.3 Å². The first-order chi connectivity index (χ1) is 22.1. The molecule has 0 saturated heterocycles. The summed E-state index contributed by atoms with van der Waals surface area (Å²) >= 11 is 0. The zero-order valence-corrected chi connectivity index (χ0v) is 28.4. The Bertz CT molecular complexity index is 1330. The number of nitrogens with zero attached hydrogens (tertiary/aromatic N) is 1. The second-order valence-corrected chi connectivity index (χ2v) is 13.0. The van der Waals surface area contributed by atoms with Crippen molar-refractivity contribution in [2.45, 2.75) is 84.5 Å². The topological polar surface area (TPSA) is 181 Å². The maximum absolute atomic E-state index is 12.6. The Morgan fingerprint density at radius 3 is 2.23 bits per heavy atom. The average molecular weight is 662 g/mol. The lowest BCUT2D eigenvalue weighted by molar-refractivity contribution is 0.0469. The van der Waals surface area contributed by atoms with Crippen LogP contribution in [0.15, 0.2) is 37.1 Å². The highest BCUT2D eigenvalue weighted by molar-refractivity contribution is 5.84. The van der Waals surface area contributed by atoms with E-state index in [0.717, 1.165) is 16.5 Å². The monoisotopic (exact) mass is 661 g/mol. The summed E-state index contributed by atoms with van der Waals surface area (Å²) in [6.45, 7) is 15.5. The number of ether oxygens (including phenoxy) is 4. The van der Waals surface area contributed by atoms with E-state index in [1.54, 1.807) is 47.6 Å². The minimum atomic E-state index is -1.07. The van der Waals surface area contributed by atoms with Gasteiger partial charge in [0.2, 0.25) is 0 Å². The van der Waals surface area contributed by atoms with Gasteiger partial charge in [-0.25, -0.2) is 19.2 Å².